The lowest BCUT2D eigenvalue weighted by atomic mass is 9.95. The van der Waals surface area contributed by atoms with Gasteiger partial charge < -0.3 is 5.32 Å². The van der Waals surface area contributed by atoms with Crippen molar-refractivity contribution in [2.24, 2.45) is 0 Å². The molecule has 1 heterocycles. The number of hydrogen-bond acceptors (Lipinski definition) is 3. The molecule has 0 spiro atoms. The minimum Gasteiger partial charge on any atom is -0.348 e. The van der Waals surface area contributed by atoms with Gasteiger partial charge in [0.15, 0.2) is 0 Å². The number of halogens is 1. The molecule has 1 aromatic heterocycles. The summed E-state index contributed by atoms with van der Waals surface area (Å²) in [6, 6.07) is 3.94. The van der Waals surface area contributed by atoms with Crippen LogP contribution in [0.2, 0.25) is 0 Å². The smallest absolute Gasteiger partial charge is 0.271 e. The SMILES string of the molecule is CSC1CCCC(NC(=O)c2ncccc2Br)C1. The fraction of sp³-hybridized carbons (Fsp3) is 0.538. The minimum absolute atomic E-state index is 0.0748. The number of hydrogen-bond donors (Lipinski definition) is 1. The number of nitrogens with one attached hydrogen (secondary N) is 1. The van der Waals surface area contributed by atoms with Crippen LogP contribution < -0.4 is 5.32 Å². The molecular weight excluding hydrogens is 312 g/mol. The Morgan fingerprint density at radius 3 is 3.11 bits per heavy atom. The third-order valence-corrected chi connectivity index (χ3v) is 5.00. The molecule has 1 saturated carbocycles. The number of pyridine rings is 1. The Balaban J connectivity index is 1.97. The maximum absolute atomic E-state index is 12.1. The van der Waals surface area contributed by atoms with Crippen LogP contribution in [0.3, 0.4) is 0 Å². The summed E-state index contributed by atoms with van der Waals surface area (Å²) in [4.78, 5) is 16.2. The highest BCUT2D eigenvalue weighted by Gasteiger charge is 2.23. The number of rotatable bonds is 3. The number of nitrogens with zero attached hydrogens (tertiary/aromatic N) is 1. The van der Waals surface area contributed by atoms with Crippen molar-refractivity contribution in [2.45, 2.75) is 37.0 Å². The number of aromatic nitrogens is 1. The lowest BCUT2D eigenvalue weighted by Gasteiger charge is -2.28. The van der Waals surface area contributed by atoms with Crippen molar-refractivity contribution >= 4 is 33.6 Å². The summed E-state index contributed by atoms with van der Waals surface area (Å²) in [5.41, 5.74) is 0.476. The Hall–Kier alpha value is -0.550. The van der Waals surface area contributed by atoms with Gasteiger partial charge in [-0.05, 0) is 53.6 Å². The average molecular weight is 329 g/mol. The van der Waals surface area contributed by atoms with Crippen molar-refractivity contribution in [1.82, 2.24) is 10.3 Å². The van der Waals surface area contributed by atoms with Gasteiger partial charge in [0.1, 0.15) is 5.69 Å². The predicted molar refractivity (Wildman–Crippen MR) is 79.0 cm³/mol. The van der Waals surface area contributed by atoms with Gasteiger partial charge >= 0.3 is 0 Å². The Morgan fingerprint density at radius 1 is 1.56 bits per heavy atom. The van der Waals surface area contributed by atoms with E-state index in [9.17, 15) is 4.79 Å². The maximum atomic E-state index is 12.1. The van der Waals surface area contributed by atoms with Crippen LogP contribution in [0.15, 0.2) is 22.8 Å². The van der Waals surface area contributed by atoms with Gasteiger partial charge in [0, 0.05) is 22.0 Å². The van der Waals surface area contributed by atoms with Crippen molar-refractivity contribution in [2.75, 3.05) is 6.26 Å². The largest absolute Gasteiger partial charge is 0.348 e. The molecule has 0 aromatic carbocycles. The van der Waals surface area contributed by atoms with Crippen molar-refractivity contribution in [1.29, 1.82) is 0 Å². The first kappa shape index (κ1) is 13.9. The quantitative estimate of drug-likeness (QED) is 0.926. The van der Waals surface area contributed by atoms with E-state index in [1.165, 1.54) is 12.8 Å². The zero-order valence-corrected chi connectivity index (χ0v) is 12.8. The lowest BCUT2D eigenvalue weighted by Crippen LogP contribution is -2.39. The highest BCUT2D eigenvalue weighted by molar-refractivity contribution is 9.10. The van der Waals surface area contributed by atoms with Gasteiger partial charge in [-0.25, -0.2) is 4.98 Å². The number of carbonyl (C=O) groups is 1. The van der Waals surface area contributed by atoms with Crippen LogP contribution in [-0.2, 0) is 0 Å². The summed E-state index contributed by atoms with van der Waals surface area (Å²) in [6.07, 6.45) is 8.39. The van der Waals surface area contributed by atoms with E-state index in [2.05, 4.69) is 32.5 Å². The summed E-state index contributed by atoms with van der Waals surface area (Å²) in [6.45, 7) is 0. The molecule has 0 aliphatic heterocycles. The molecule has 1 amide bonds. The average Bonchev–Trinajstić information content (AvgIpc) is 2.39. The monoisotopic (exact) mass is 328 g/mol. The van der Waals surface area contributed by atoms with E-state index in [0.717, 1.165) is 17.3 Å². The molecule has 1 aliphatic carbocycles. The van der Waals surface area contributed by atoms with Gasteiger partial charge in [0.05, 0.1) is 0 Å². The Labute approximate surface area is 120 Å². The Bertz CT molecular complexity index is 427. The third kappa shape index (κ3) is 3.48. The van der Waals surface area contributed by atoms with E-state index in [0.29, 0.717) is 10.9 Å². The molecule has 0 saturated heterocycles. The molecule has 2 atom stereocenters. The van der Waals surface area contributed by atoms with E-state index in [-0.39, 0.29) is 11.9 Å². The summed E-state index contributed by atoms with van der Waals surface area (Å²) < 4.78 is 0.750. The molecule has 1 N–H and O–H groups in total. The van der Waals surface area contributed by atoms with Gasteiger partial charge in [0.25, 0.3) is 5.91 Å². The molecule has 0 bridgehead atoms. The first-order valence-electron chi connectivity index (χ1n) is 6.15. The first-order chi connectivity index (χ1) is 8.70. The van der Waals surface area contributed by atoms with E-state index >= 15 is 0 Å². The topological polar surface area (TPSA) is 42.0 Å². The van der Waals surface area contributed by atoms with E-state index < -0.39 is 0 Å². The zero-order chi connectivity index (χ0) is 13.0. The van der Waals surface area contributed by atoms with E-state index in [1.54, 1.807) is 6.20 Å². The van der Waals surface area contributed by atoms with Gasteiger partial charge in [-0.1, -0.05) is 6.42 Å². The fourth-order valence-corrected chi connectivity index (χ4v) is 3.56. The summed E-state index contributed by atoms with van der Waals surface area (Å²) >= 11 is 5.26. The molecule has 2 unspecified atom stereocenters. The van der Waals surface area contributed by atoms with Crippen molar-refractivity contribution < 1.29 is 4.79 Å². The molecule has 1 aliphatic rings. The highest BCUT2D eigenvalue weighted by Crippen LogP contribution is 2.27. The van der Waals surface area contributed by atoms with Crippen LogP contribution in [0, 0.1) is 0 Å². The van der Waals surface area contributed by atoms with Crippen LogP contribution >= 0.6 is 27.7 Å². The highest BCUT2D eigenvalue weighted by atomic mass is 79.9. The molecule has 5 heteroatoms. The molecule has 0 radical (unpaired) electrons. The standard InChI is InChI=1S/C13H17BrN2OS/c1-18-10-5-2-4-9(8-10)16-13(17)12-11(14)6-3-7-15-12/h3,6-7,9-10H,2,4-5,8H2,1H3,(H,16,17). The molecule has 18 heavy (non-hydrogen) atoms. The van der Waals surface area contributed by atoms with Crippen LogP contribution in [-0.4, -0.2) is 28.4 Å². The number of carbonyl (C=O) groups excluding carboxylic acids is 1. The van der Waals surface area contributed by atoms with Gasteiger partial charge in [-0.3, -0.25) is 4.79 Å². The summed E-state index contributed by atoms with van der Waals surface area (Å²) in [5.74, 6) is -0.0748. The molecule has 2 rings (SSSR count). The van der Waals surface area contributed by atoms with Crippen molar-refractivity contribution in [3.8, 4) is 0 Å². The van der Waals surface area contributed by atoms with Crippen LogP contribution in [0.25, 0.3) is 0 Å². The zero-order valence-electron chi connectivity index (χ0n) is 10.4. The maximum Gasteiger partial charge on any atom is 0.271 e. The summed E-state index contributed by atoms with van der Waals surface area (Å²) in [7, 11) is 0. The molecule has 1 aromatic rings. The molecule has 1 fully saturated rings. The van der Waals surface area contributed by atoms with Gasteiger partial charge in [0.2, 0.25) is 0 Å². The molecule has 3 nitrogen and oxygen atoms in total. The van der Waals surface area contributed by atoms with Gasteiger partial charge in [-0.15, -0.1) is 0 Å². The van der Waals surface area contributed by atoms with Gasteiger partial charge in [-0.2, -0.15) is 11.8 Å². The molecular formula is C13H17BrN2OS. The van der Waals surface area contributed by atoms with Crippen LogP contribution in [0.4, 0.5) is 0 Å². The second kappa shape index (κ2) is 6.57. The second-order valence-electron chi connectivity index (χ2n) is 4.53. The van der Waals surface area contributed by atoms with Crippen LogP contribution in [0.5, 0.6) is 0 Å². The lowest BCUT2D eigenvalue weighted by molar-refractivity contribution is 0.0922. The van der Waals surface area contributed by atoms with Crippen LogP contribution in [0.1, 0.15) is 36.2 Å². The third-order valence-electron chi connectivity index (χ3n) is 3.27. The predicted octanol–water partition coefficient (Wildman–Crippen LogP) is 3.25. The number of thioether (sulfide) groups is 1. The van der Waals surface area contributed by atoms with Crippen molar-refractivity contribution in [3.05, 3.63) is 28.5 Å². The van der Waals surface area contributed by atoms with E-state index in [1.807, 2.05) is 23.9 Å². The summed E-state index contributed by atoms with van der Waals surface area (Å²) in [5, 5.41) is 3.77. The first-order valence-corrected chi connectivity index (χ1v) is 8.23. The Kier molecular flexibility index (Phi) is 5.06. The fourth-order valence-electron chi connectivity index (χ4n) is 2.30. The molecule has 98 valence electrons. The minimum atomic E-state index is -0.0748. The number of amides is 1. The Morgan fingerprint density at radius 2 is 2.39 bits per heavy atom. The second-order valence-corrected chi connectivity index (χ2v) is 6.52. The normalized spacial score (nSPS) is 23.7. The van der Waals surface area contributed by atoms with Crippen molar-refractivity contribution in [3.63, 3.8) is 0 Å². The van der Waals surface area contributed by atoms with E-state index in [4.69, 9.17) is 0 Å².